The third-order valence-electron chi connectivity index (χ3n) is 3.51. The lowest BCUT2D eigenvalue weighted by atomic mass is 9.91. The number of hydrogen-bond acceptors (Lipinski definition) is 4. The average molecular weight is 288 g/mol. The monoisotopic (exact) mass is 288 g/mol. The molecule has 0 fully saturated rings. The van der Waals surface area contributed by atoms with Crippen LogP contribution in [-0.2, 0) is 17.6 Å². The number of carbonyl (C=O) groups is 1. The predicted octanol–water partition coefficient (Wildman–Crippen LogP) is 3.70. The number of esters is 1. The molecule has 0 radical (unpaired) electrons. The maximum atomic E-state index is 11.8. The molecule has 3 nitrogen and oxygen atoms in total. The molecule has 3 rings (SSSR count). The molecule has 1 heterocycles. The molecule has 1 aliphatic carbocycles. The van der Waals surface area contributed by atoms with Gasteiger partial charge in [-0.3, -0.25) is 0 Å². The Kier molecular flexibility index (Phi) is 3.49. The lowest BCUT2D eigenvalue weighted by Gasteiger charge is -2.16. The number of rotatable bonds is 3. The Morgan fingerprint density at radius 3 is 2.80 bits per heavy atom. The molecular formula is C16H16O3S. The fourth-order valence-electron chi connectivity index (χ4n) is 2.54. The maximum absolute atomic E-state index is 11.8. The lowest BCUT2D eigenvalue weighted by molar-refractivity contribution is 0.0532. The molecule has 0 bridgehead atoms. The summed E-state index contributed by atoms with van der Waals surface area (Å²) in [6.07, 6.45) is 1.95. The summed E-state index contributed by atoms with van der Waals surface area (Å²) in [4.78, 5) is 13.7. The number of thiophene rings is 1. The number of aryl methyl sites for hydroxylation is 2. The zero-order chi connectivity index (χ0) is 14.1. The molecule has 1 aromatic heterocycles. The van der Waals surface area contributed by atoms with E-state index >= 15 is 0 Å². The fraction of sp³-hybridized carbons (Fsp3) is 0.312. The number of hydrogen-bond donors (Lipinski definition) is 0. The van der Waals surface area contributed by atoms with E-state index < -0.39 is 0 Å². The average Bonchev–Trinajstić information content (AvgIpc) is 2.91. The van der Waals surface area contributed by atoms with E-state index in [1.54, 1.807) is 7.11 Å². The molecule has 0 N–H and O–H groups in total. The molecule has 20 heavy (non-hydrogen) atoms. The molecule has 1 aliphatic rings. The highest BCUT2D eigenvalue weighted by Crippen LogP contribution is 2.40. The summed E-state index contributed by atoms with van der Waals surface area (Å²) in [5.41, 5.74) is 3.75. The van der Waals surface area contributed by atoms with Crippen LogP contribution in [0, 0.1) is 0 Å². The Balaban J connectivity index is 2.01. The third kappa shape index (κ3) is 2.20. The van der Waals surface area contributed by atoms with Crippen molar-refractivity contribution in [1.82, 2.24) is 0 Å². The van der Waals surface area contributed by atoms with Crippen LogP contribution in [0.1, 0.15) is 27.7 Å². The summed E-state index contributed by atoms with van der Waals surface area (Å²) in [5.74, 6) is 0.663. The van der Waals surface area contributed by atoms with Gasteiger partial charge in [-0.25, -0.2) is 4.79 Å². The van der Waals surface area contributed by atoms with Gasteiger partial charge in [-0.05, 0) is 60.7 Å². The van der Waals surface area contributed by atoms with Crippen molar-refractivity contribution in [3.63, 3.8) is 0 Å². The second kappa shape index (κ2) is 5.29. The molecule has 0 unspecified atom stereocenters. The van der Waals surface area contributed by atoms with Gasteiger partial charge in [0, 0.05) is 4.88 Å². The first kappa shape index (κ1) is 13.2. The SMILES string of the molecule is CCOC(=O)c1cc2c(s1)-c1ccc(OC)cc1CC2. The van der Waals surface area contributed by atoms with E-state index in [2.05, 4.69) is 12.1 Å². The minimum absolute atomic E-state index is 0.220. The van der Waals surface area contributed by atoms with Crippen LogP contribution in [0.25, 0.3) is 10.4 Å². The third-order valence-corrected chi connectivity index (χ3v) is 4.70. The first-order valence-electron chi connectivity index (χ1n) is 6.70. The minimum Gasteiger partial charge on any atom is -0.497 e. The number of methoxy groups -OCH3 is 1. The van der Waals surface area contributed by atoms with E-state index in [1.165, 1.54) is 32.9 Å². The van der Waals surface area contributed by atoms with E-state index in [0.29, 0.717) is 11.5 Å². The van der Waals surface area contributed by atoms with Gasteiger partial charge in [0.1, 0.15) is 10.6 Å². The first-order chi connectivity index (χ1) is 9.72. The first-order valence-corrected chi connectivity index (χ1v) is 7.51. The van der Waals surface area contributed by atoms with Gasteiger partial charge in [0.2, 0.25) is 0 Å². The zero-order valence-corrected chi connectivity index (χ0v) is 12.4. The van der Waals surface area contributed by atoms with Gasteiger partial charge in [0.25, 0.3) is 0 Å². The highest BCUT2D eigenvalue weighted by atomic mass is 32.1. The highest BCUT2D eigenvalue weighted by molar-refractivity contribution is 7.17. The van der Waals surface area contributed by atoms with Crippen LogP contribution < -0.4 is 4.74 Å². The maximum Gasteiger partial charge on any atom is 0.348 e. The van der Waals surface area contributed by atoms with Crippen molar-refractivity contribution in [1.29, 1.82) is 0 Å². The van der Waals surface area contributed by atoms with Crippen molar-refractivity contribution in [2.45, 2.75) is 19.8 Å². The Morgan fingerprint density at radius 1 is 1.25 bits per heavy atom. The Hall–Kier alpha value is -1.81. The van der Waals surface area contributed by atoms with E-state index in [1.807, 2.05) is 19.1 Å². The van der Waals surface area contributed by atoms with Crippen LogP contribution in [0.3, 0.4) is 0 Å². The van der Waals surface area contributed by atoms with Crippen molar-refractivity contribution in [3.05, 3.63) is 40.3 Å². The van der Waals surface area contributed by atoms with Gasteiger partial charge in [-0.15, -0.1) is 11.3 Å². The minimum atomic E-state index is -0.220. The molecule has 0 aliphatic heterocycles. The van der Waals surface area contributed by atoms with Gasteiger partial charge < -0.3 is 9.47 Å². The Labute approximate surface area is 122 Å². The number of fused-ring (bicyclic) bond motifs is 3. The smallest absolute Gasteiger partial charge is 0.348 e. The van der Waals surface area contributed by atoms with Crippen LogP contribution in [0.15, 0.2) is 24.3 Å². The normalized spacial score (nSPS) is 12.5. The number of carbonyl (C=O) groups excluding carboxylic acids is 1. The molecule has 0 atom stereocenters. The summed E-state index contributed by atoms with van der Waals surface area (Å²) >= 11 is 1.52. The molecular weight excluding hydrogens is 272 g/mol. The van der Waals surface area contributed by atoms with E-state index in [0.717, 1.165) is 18.6 Å². The van der Waals surface area contributed by atoms with Crippen molar-refractivity contribution in [3.8, 4) is 16.2 Å². The molecule has 2 aromatic rings. The van der Waals surface area contributed by atoms with E-state index in [-0.39, 0.29) is 5.97 Å². The summed E-state index contributed by atoms with van der Waals surface area (Å²) in [6.45, 7) is 2.24. The predicted molar refractivity (Wildman–Crippen MR) is 79.7 cm³/mol. The van der Waals surface area contributed by atoms with E-state index in [9.17, 15) is 4.79 Å². The van der Waals surface area contributed by atoms with Gasteiger partial charge in [-0.2, -0.15) is 0 Å². The molecule has 0 saturated carbocycles. The number of ether oxygens (including phenoxy) is 2. The lowest BCUT2D eigenvalue weighted by Crippen LogP contribution is -2.02. The standard InChI is InChI=1S/C16H16O3S/c1-3-19-16(17)14-9-11-5-4-10-8-12(18-2)6-7-13(10)15(11)20-14/h6-9H,3-5H2,1-2H3. The van der Waals surface area contributed by atoms with Crippen LogP contribution in [0.2, 0.25) is 0 Å². The molecule has 4 heteroatoms. The van der Waals surface area contributed by atoms with Gasteiger partial charge in [0.15, 0.2) is 0 Å². The van der Waals surface area contributed by atoms with Crippen LogP contribution in [0.5, 0.6) is 5.75 Å². The second-order valence-corrected chi connectivity index (χ2v) is 5.76. The largest absolute Gasteiger partial charge is 0.497 e. The highest BCUT2D eigenvalue weighted by Gasteiger charge is 2.22. The number of benzene rings is 1. The van der Waals surface area contributed by atoms with Crippen LogP contribution in [-0.4, -0.2) is 19.7 Å². The quantitative estimate of drug-likeness (QED) is 0.808. The van der Waals surface area contributed by atoms with Crippen molar-refractivity contribution in [2.75, 3.05) is 13.7 Å². The Morgan fingerprint density at radius 2 is 2.05 bits per heavy atom. The van der Waals surface area contributed by atoms with Crippen molar-refractivity contribution in [2.24, 2.45) is 0 Å². The zero-order valence-electron chi connectivity index (χ0n) is 11.6. The molecule has 0 amide bonds. The van der Waals surface area contributed by atoms with Gasteiger partial charge >= 0.3 is 5.97 Å². The molecule has 104 valence electrons. The van der Waals surface area contributed by atoms with Crippen molar-refractivity contribution >= 4 is 17.3 Å². The van der Waals surface area contributed by atoms with E-state index in [4.69, 9.17) is 9.47 Å². The summed E-state index contributed by atoms with van der Waals surface area (Å²) in [5, 5.41) is 0. The Bertz CT molecular complexity index is 658. The summed E-state index contributed by atoms with van der Waals surface area (Å²) < 4.78 is 10.4. The van der Waals surface area contributed by atoms with Gasteiger partial charge in [-0.1, -0.05) is 0 Å². The fourth-order valence-corrected chi connectivity index (χ4v) is 3.70. The van der Waals surface area contributed by atoms with Crippen molar-refractivity contribution < 1.29 is 14.3 Å². The summed E-state index contributed by atoms with van der Waals surface area (Å²) in [6, 6.07) is 8.11. The second-order valence-electron chi connectivity index (χ2n) is 4.71. The summed E-state index contributed by atoms with van der Waals surface area (Å²) in [7, 11) is 1.68. The topological polar surface area (TPSA) is 35.5 Å². The van der Waals surface area contributed by atoms with Gasteiger partial charge in [0.05, 0.1) is 13.7 Å². The van der Waals surface area contributed by atoms with Crippen LogP contribution in [0.4, 0.5) is 0 Å². The molecule has 0 saturated heterocycles. The van der Waals surface area contributed by atoms with Crippen LogP contribution >= 0.6 is 11.3 Å². The molecule has 0 spiro atoms. The molecule has 1 aromatic carbocycles.